The third-order valence-corrected chi connectivity index (χ3v) is 7.18. The second kappa shape index (κ2) is 9.70. The third kappa shape index (κ3) is 4.90. The van der Waals surface area contributed by atoms with Gasteiger partial charge in [0.25, 0.3) is 0 Å². The molecule has 2 aromatic heterocycles. The molecule has 1 aliphatic carbocycles. The van der Waals surface area contributed by atoms with Gasteiger partial charge in [0, 0.05) is 11.1 Å². The summed E-state index contributed by atoms with van der Waals surface area (Å²) in [6, 6.07) is 28.4. The molecule has 196 valence electrons. The number of furan rings is 1. The number of ether oxygens (including phenoxy) is 1. The molecule has 1 fully saturated rings. The van der Waals surface area contributed by atoms with E-state index >= 15 is 0 Å². The summed E-state index contributed by atoms with van der Waals surface area (Å²) in [4.78, 5) is 22.2. The smallest absolute Gasteiger partial charge is 0.408 e. The van der Waals surface area contributed by atoms with Crippen LogP contribution in [0.3, 0.4) is 0 Å². The maximum Gasteiger partial charge on any atom is 0.408 e. The number of carbonyl (C=O) groups excluding carboxylic acids is 1. The van der Waals surface area contributed by atoms with Crippen molar-refractivity contribution in [1.82, 2.24) is 15.3 Å². The predicted molar refractivity (Wildman–Crippen MR) is 153 cm³/mol. The van der Waals surface area contributed by atoms with Crippen LogP contribution < -0.4 is 5.32 Å². The highest BCUT2D eigenvalue weighted by Gasteiger charge is 2.41. The Balaban J connectivity index is 1.40. The van der Waals surface area contributed by atoms with E-state index in [4.69, 9.17) is 14.1 Å². The summed E-state index contributed by atoms with van der Waals surface area (Å²) in [6.07, 6.45) is 4.18. The zero-order chi connectivity index (χ0) is 27.0. The van der Waals surface area contributed by atoms with Crippen molar-refractivity contribution >= 4 is 17.3 Å². The van der Waals surface area contributed by atoms with Crippen LogP contribution in [-0.4, -0.2) is 21.7 Å². The van der Waals surface area contributed by atoms with Gasteiger partial charge in [-0.3, -0.25) is 0 Å². The minimum Gasteiger partial charge on any atom is -0.444 e. The third-order valence-electron chi connectivity index (χ3n) is 7.18. The van der Waals surface area contributed by atoms with Gasteiger partial charge in [-0.15, -0.1) is 0 Å². The molecule has 0 atom stereocenters. The zero-order valence-electron chi connectivity index (χ0n) is 22.4. The summed E-state index contributed by atoms with van der Waals surface area (Å²) < 4.78 is 11.9. The van der Waals surface area contributed by atoms with Crippen molar-refractivity contribution in [2.45, 2.75) is 51.2 Å². The minimum absolute atomic E-state index is 0.388. The average molecular weight is 518 g/mol. The van der Waals surface area contributed by atoms with Crippen molar-refractivity contribution in [3.8, 4) is 33.7 Å². The van der Waals surface area contributed by atoms with Gasteiger partial charge in [0.15, 0.2) is 0 Å². The molecule has 2 heterocycles. The largest absolute Gasteiger partial charge is 0.444 e. The molecule has 1 aliphatic rings. The Morgan fingerprint density at radius 3 is 2.10 bits per heavy atom. The van der Waals surface area contributed by atoms with E-state index in [1.165, 1.54) is 0 Å². The number of benzene rings is 3. The van der Waals surface area contributed by atoms with Crippen molar-refractivity contribution in [3.05, 3.63) is 96.7 Å². The van der Waals surface area contributed by atoms with Gasteiger partial charge in [-0.25, -0.2) is 14.8 Å². The van der Waals surface area contributed by atoms with Gasteiger partial charge in [0.1, 0.15) is 16.9 Å². The SMILES string of the molecule is CC(C)(C)OC(=O)NC1(c2ccc(-c3oc4ncc(-c5ccccc5)nc4c3-c3ccccc3)cc2)CCC1. The highest BCUT2D eigenvalue weighted by atomic mass is 16.6. The van der Waals surface area contributed by atoms with E-state index in [0.29, 0.717) is 5.71 Å². The maximum absolute atomic E-state index is 12.6. The molecule has 0 aliphatic heterocycles. The fraction of sp³-hybridized carbons (Fsp3) is 0.242. The normalized spacial score (nSPS) is 14.5. The molecule has 1 N–H and O–H groups in total. The number of fused-ring (bicyclic) bond motifs is 1. The minimum atomic E-state index is -0.545. The van der Waals surface area contributed by atoms with Crippen LogP contribution in [0.2, 0.25) is 0 Å². The first kappa shape index (κ1) is 24.9. The quantitative estimate of drug-likeness (QED) is 0.255. The first-order valence-electron chi connectivity index (χ1n) is 13.3. The zero-order valence-corrected chi connectivity index (χ0v) is 22.4. The highest BCUT2D eigenvalue weighted by molar-refractivity contribution is 5.98. The molecule has 1 amide bonds. The molecule has 39 heavy (non-hydrogen) atoms. The fourth-order valence-corrected chi connectivity index (χ4v) is 5.15. The van der Waals surface area contributed by atoms with Crippen molar-refractivity contribution in [1.29, 1.82) is 0 Å². The second-order valence-corrected chi connectivity index (χ2v) is 11.1. The molecule has 0 saturated heterocycles. The van der Waals surface area contributed by atoms with Crippen molar-refractivity contribution in [2.24, 2.45) is 0 Å². The number of alkyl carbamates (subject to hydrolysis) is 1. The van der Waals surface area contributed by atoms with Crippen molar-refractivity contribution in [3.63, 3.8) is 0 Å². The molecule has 0 spiro atoms. The summed E-state index contributed by atoms with van der Waals surface area (Å²) >= 11 is 0. The molecule has 1 saturated carbocycles. The number of nitrogens with one attached hydrogen (secondary N) is 1. The fourth-order valence-electron chi connectivity index (χ4n) is 5.15. The topological polar surface area (TPSA) is 77.2 Å². The van der Waals surface area contributed by atoms with Crippen molar-refractivity contribution < 1.29 is 13.9 Å². The monoisotopic (exact) mass is 517 g/mol. The van der Waals surface area contributed by atoms with E-state index in [1.807, 2.05) is 69.3 Å². The Bertz CT molecular complexity index is 1610. The van der Waals surface area contributed by atoms with Crippen LogP contribution >= 0.6 is 0 Å². The van der Waals surface area contributed by atoms with Gasteiger partial charge in [-0.05, 0) is 51.2 Å². The number of aromatic nitrogens is 2. The number of hydrogen-bond acceptors (Lipinski definition) is 5. The lowest BCUT2D eigenvalue weighted by atomic mass is 9.71. The second-order valence-electron chi connectivity index (χ2n) is 11.1. The van der Waals surface area contributed by atoms with Crippen LogP contribution in [0.25, 0.3) is 44.9 Å². The maximum atomic E-state index is 12.6. The highest BCUT2D eigenvalue weighted by Crippen LogP contribution is 2.44. The Kier molecular flexibility index (Phi) is 6.18. The van der Waals surface area contributed by atoms with Crippen LogP contribution in [-0.2, 0) is 10.3 Å². The summed E-state index contributed by atoms with van der Waals surface area (Å²) in [6.45, 7) is 5.62. The first-order valence-corrected chi connectivity index (χ1v) is 13.3. The molecular weight excluding hydrogens is 486 g/mol. The molecule has 0 bridgehead atoms. The van der Waals surface area contributed by atoms with Gasteiger partial charge in [0.05, 0.1) is 23.0 Å². The average Bonchev–Trinajstić information content (AvgIpc) is 3.30. The van der Waals surface area contributed by atoms with Crippen LogP contribution in [0.1, 0.15) is 45.6 Å². The van der Waals surface area contributed by atoms with Gasteiger partial charge in [-0.2, -0.15) is 0 Å². The van der Waals surface area contributed by atoms with Crippen LogP contribution in [0.4, 0.5) is 4.79 Å². The Morgan fingerprint density at radius 1 is 0.872 bits per heavy atom. The van der Waals surface area contributed by atoms with E-state index < -0.39 is 11.1 Å². The van der Waals surface area contributed by atoms with E-state index in [1.54, 1.807) is 6.20 Å². The number of rotatable bonds is 5. The lowest BCUT2D eigenvalue weighted by Crippen LogP contribution is -2.52. The van der Waals surface area contributed by atoms with Gasteiger partial charge in [-0.1, -0.05) is 84.9 Å². The number of nitrogens with zero attached hydrogens (tertiary/aromatic N) is 2. The van der Waals surface area contributed by atoms with E-state index in [-0.39, 0.29) is 6.09 Å². The number of carbonyl (C=O) groups is 1. The summed E-state index contributed by atoms with van der Waals surface area (Å²) in [5, 5.41) is 3.14. The molecule has 0 radical (unpaired) electrons. The Morgan fingerprint density at radius 2 is 1.51 bits per heavy atom. The van der Waals surface area contributed by atoms with Crippen LogP contribution in [0, 0.1) is 0 Å². The molecule has 6 rings (SSSR count). The van der Waals surface area contributed by atoms with E-state index in [9.17, 15) is 4.79 Å². The summed E-state index contributed by atoms with van der Waals surface area (Å²) in [5.74, 6) is 0.718. The Hall–Kier alpha value is -4.45. The molecule has 5 aromatic rings. The molecule has 6 heteroatoms. The lowest BCUT2D eigenvalue weighted by Gasteiger charge is -2.43. The first-order chi connectivity index (χ1) is 18.8. The van der Waals surface area contributed by atoms with Gasteiger partial charge >= 0.3 is 6.09 Å². The summed E-state index contributed by atoms with van der Waals surface area (Å²) in [5.41, 5.74) is 5.96. The van der Waals surface area contributed by atoms with E-state index in [2.05, 4.69) is 46.7 Å². The Labute approximate surface area is 228 Å². The molecule has 3 aromatic carbocycles. The lowest BCUT2D eigenvalue weighted by molar-refractivity contribution is 0.0377. The molecule has 6 nitrogen and oxygen atoms in total. The molecule has 0 unspecified atom stereocenters. The standard InChI is InChI=1S/C33H31N3O3/c1-32(2,3)39-31(37)36-33(19-10-20-33)25-17-15-24(16-18-25)29-27(23-13-8-5-9-14-23)28-30(38-29)34-21-26(35-28)22-11-6-4-7-12-22/h4-9,11-18,21H,10,19-20H2,1-3H3,(H,36,37). The number of hydrogen-bond donors (Lipinski definition) is 1. The summed E-state index contributed by atoms with van der Waals surface area (Å²) in [7, 11) is 0. The van der Waals surface area contributed by atoms with E-state index in [0.717, 1.165) is 64.1 Å². The molecular formula is C33H31N3O3. The number of amides is 1. The van der Waals surface area contributed by atoms with Crippen LogP contribution in [0.15, 0.2) is 95.5 Å². The van der Waals surface area contributed by atoms with Gasteiger partial charge in [0.2, 0.25) is 5.71 Å². The van der Waals surface area contributed by atoms with Gasteiger partial charge < -0.3 is 14.5 Å². The van der Waals surface area contributed by atoms with Crippen molar-refractivity contribution in [2.75, 3.05) is 0 Å². The van der Waals surface area contributed by atoms with Crippen LogP contribution in [0.5, 0.6) is 0 Å². The predicted octanol–water partition coefficient (Wildman–Crippen LogP) is 8.13.